The highest BCUT2D eigenvalue weighted by Gasteiger charge is 2.42. The second-order valence-electron chi connectivity index (χ2n) is 6.87. The van der Waals surface area contributed by atoms with E-state index in [1.165, 1.54) is 24.8 Å². The van der Waals surface area contributed by atoms with Gasteiger partial charge in [0.1, 0.15) is 0 Å². The molecule has 1 saturated heterocycles. The lowest BCUT2D eigenvalue weighted by Gasteiger charge is -2.49. The molecule has 2 aliphatic rings. The van der Waals surface area contributed by atoms with Crippen LogP contribution in [0.4, 0.5) is 0 Å². The van der Waals surface area contributed by atoms with E-state index in [0.717, 1.165) is 13.1 Å². The van der Waals surface area contributed by atoms with E-state index in [2.05, 4.69) is 54.4 Å². The van der Waals surface area contributed by atoms with Crippen LogP contribution in [0.1, 0.15) is 38.7 Å². The number of hydrogen-bond acceptors (Lipinski definition) is 3. The summed E-state index contributed by atoms with van der Waals surface area (Å²) in [6, 6.07) is 12.0. The van der Waals surface area contributed by atoms with Crippen LogP contribution < -0.4 is 5.32 Å². The molecule has 1 N–H and O–H groups in total. The number of nitrogens with one attached hydrogen (secondary N) is 1. The lowest BCUT2D eigenvalue weighted by molar-refractivity contribution is -0.0143. The molecular formula is C18H28N2O. The molecule has 0 bridgehead atoms. The van der Waals surface area contributed by atoms with E-state index in [0.29, 0.717) is 18.2 Å². The number of piperazine rings is 1. The molecule has 3 heteroatoms. The fraction of sp³-hybridized carbons (Fsp3) is 0.667. The van der Waals surface area contributed by atoms with Crippen LogP contribution in [0.5, 0.6) is 0 Å². The maximum Gasteiger partial charge on any atom is 0.0726 e. The molecule has 21 heavy (non-hydrogen) atoms. The van der Waals surface area contributed by atoms with E-state index < -0.39 is 0 Å². The van der Waals surface area contributed by atoms with Gasteiger partial charge in [-0.1, -0.05) is 30.3 Å². The van der Waals surface area contributed by atoms with Crippen LogP contribution >= 0.6 is 0 Å². The fourth-order valence-corrected chi connectivity index (χ4v) is 4.07. The third-order valence-corrected chi connectivity index (χ3v) is 5.41. The van der Waals surface area contributed by atoms with E-state index in [1.54, 1.807) is 0 Å². The summed E-state index contributed by atoms with van der Waals surface area (Å²) in [6.07, 6.45) is 4.18. The minimum absolute atomic E-state index is 0.0364. The molecule has 116 valence electrons. The second-order valence-corrected chi connectivity index (χ2v) is 6.87. The summed E-state index contributed by atoms with van der Waals surface area (Å²) in [7, 11) is 1.87. The van der Waals surface area contributed by atoms with Gasteiger partial charge in [-0.05, 0) is 38.7 Å². The normalized spacial score (nSPS) is 37.8. The lowest BCUT2D eigenvalue weighted by atomic mass is 9.87. The summed E-state index contributed by atoms with van der Waals surface area (Å²) >= 11 is 0. The molecule has 4 atom stereocenters. The molecule has 3 rings (SSSR count). The molecule has 0 aromatic heterocycles. The highest BCUT2D eigenvalue weighted by Crippen LogP contribution is 2.33. The smallest absolute Gasteiger partial charge is 0.0726 e. The third-order valence-electron chi connectivity index (χ3n) is 5.41. The zero-order valence-electron chi connectivity index (χ0n) is 13.5. The average Bonchev–Trinajstić information content (AvgIpc) is 2.99. The van der Waals surface area contributed by atoms with Gasteiger partial charge in [0.25, 0.3) is 0 Å². The lowest BCUT2D eigenvalue weighted by Crippen LogP contribution is -2.63. The van der Waals surface area contributed by atoms with E-state index in [4.69, 9.17) is 4.74 Å². The molecular weight excluding hydrogens is 260 g/mol. The number of benzene rings is 1. The Morgan fingerprint density at radius 3 is 2.71 bits per heavy atom. The monoisotopic (exact) mass is 288 g/mol. The van der Waals surface area contributed by atoms with Gasteiger partial charge in [-0.15, -0.1) is 0 Å². The van der Waals surface area contributed by atoms with Gasteiger partial charge >= 0.3 is 0 Å². The van der Waals surface area contributed by atoms with Gasteiger partial charge in [-0.3, -0.25) is 4.90 Å². The molecule has 1 saturated carbocycles. The molecule has 1 aliphatic carbocycles. The Morgan fingerprint density at radius 2 is 2.00 bits per heavy atom. The van der Waals surface area contributed by atoms with Gasteiger partial charge < -0.3 is 10.1 Å². The second kappa shape index (κ2) is 6.07. The highest BCUT2D eigenvalue weighted by atomic mass is 16.5. The van der Waals surface area contributed by atoms with Crippen LogP contribution in [-0.4, -0.2) is 43.3 Å². The minimum Gasteiger partial charge on any atom is -0.380 e. The molecule has 2 fully saturated rings. The van der Waals surface area contributed by atoms with E-state index in [1.807, 2.05) is 7.11 Å². The molecule has 0 radical (unpaired) electrons. The van der Waals surface area contributed by atoms with Crippen LogP contribution in [0.2, 0.25) is 0 Å². The van der Waals surface area contributed by atoms with Crippen molar-refractivity contribution in [1.82, 2.24) is 10.2 Å². The zero-order chi connectivity index (χ0) is 14.9. The Kier molecular flexibility index (Phi) is 4.34. The summed E-state index contributed by atoms with van der Waals surface area (Å²) in [5.74, 6) is 0. The Bertz CT molecular complexity index is 464. The van der Waals surface area contributed by atoms with Crippen molar-refractivity contribution in [3.8, 4) is 0 Å². The SMILES string of the molecule is COC1CCCC1N1CC(C)(c2ccccc2)NCC1C. The number of nitrogens with zero attached hydrogens (tertiary/aromatic N) is 1. The Labute approximate surface area is 128 Å². The summed E-state index contributed by atoms with van der Waals surface area (Å²) in [5, 5.41) is 3.77. The highest BCUT2D eigenvalue weighted by molar-refractivity contribution is 5.25. The van der Waals surface area contributed by atoms with Crippen LogP contribution in [0.25, 0.3) is 0 Å². The summed E-state index contributed by atoms with van der Waals surface area (Å²) in [6.45, 7) is 6.77. The first-order valence-electron chi connectivity index (χ1n) is 8.23. The molecule has 3 nitrogen and oxygen atoms in total. The van der Waals surface area contributed by atoms with Gasteiger partial charge in [0.05, 0.1) is 11.6 Å². The standard InChI is InChI=1S/C18H28N2O/c1-14-12-19-18(2,15-8-5-4-6-9-15)13-20(14)16-10-7-11-17(16)21-3/h4-6,8-9,14,16-17,19H,7,10-13H2,1-3H3. The Hall–Kier alpha value is -0.900. The van der Waals surface area contributed by atoms with Gasteiger partial charge in [0.15, 0.2) is 0 Å². The Balaban J connectivity index is 1.81. The predicted molar refractivity (Wildman–Crippen MR) is 86.4 cm³/mol. The average molecular weight is 288 g/mol. The number of methoxy groups -OCH3 is 1. The van der Waals surface area contributed by atoms with Gasteiger partial charge in [-0.2, -0.15) is 0 Å². The fourth-order valence-electron chi connectivity index (χ4n) is 4.07. The Morgan fingerprint density at radius 1 is 1.24 bits per heavy atom. The van der Waals surface area contributed by atoms with Crippen molar-refractivity contribution in [2.75, 3.05) is 20.2 Å². The number of ether oxygens (including phenoxy) is 1. The number of hydrogen-bond donors (Lipinski definition) is 1. The molecule has 4 unspecified atom stereocenters. The summed E-state index contributed by atoms with van der Waals surface area (Å²) < 4.78 is 5.74. The quantitative estimate of drug-likeness (QED) is 0.925. The van der Waals surface area contributed by atoms with Crippen LogP contribution in [0, 0.1) is 0 Å². The van der Waals surface area contributed by atoms with Crippen LogP contribution in [0.3, 0.4) is 0 Å². The van der Waals surface area contributed by atoms with Crippen LogP contribution in [0.15, 0.2) is 30.3 Å². The molecule has 0 amide bonds. The number of rotatable bonds is 3. The summed E-state index contributed by atoms with van der Waals surface area (Å²) in [4.78, 5) is 2.69. The predicted octanol–water partition coefficient (Wildman–Crippen LogP) is 2.76. The first kappa shape index (κ1) is 15.0. The van der Waals surface area contributed by atoms with E-state index in [9.17, 15) is 0 Å². The van der Waals surface area contributed by atoms with Crippen LogP contribution in [-0.2, 0) is 10.3 Å². The van der Waals surface area contributed by atoms with Crippen molar-refractivity contribution in [3.63, 3.8) is 0 Å². The van der Waals surface area contributed by atoms with Gasteiger partial charge in [0.2, 0.25) is 0 Å². The largest absolute Gasteiger partial charge is 0.380 e. The van der Waals surface area contributed by atoms with Crippen molar-refractivity contribution in [3.05, 3.63) is 35.9 Å². The molecule has 1 heterocycles. The maximum atomic E-state index is 5.74. The van der Waals surface area contributed by atoms with Crippen molar-refractivity contribution >= 4 is 0 Å². The molecule has 1 aromatic carbocycles. The molecule has 1 aromatic rings. The molecule has 0 spiro atoms. The minimum atomic E-state index is 0.0364. The van der Waals surface area contributed by atoms with Gasteiger partial charge in [0, 0.05) is 32.3 Å². The van der Waals surface area contributed by atoms with E-state index in [-0.39, 0.29) is 5.54 Å². The van der Waals surface area contributed by atoms with Gasteiger partial charge in [-0.25, -0.2) is 0 Å². The maximum absolute atomic E-state index is 5.74. The summed E-state index contributed by atoms with van der Waals surface area (Å²) in [5.41, 5.74) is 1.42. The third kappa shape index (κ3) is 2.87. The van der Waals surface area contributed by atoms with Crippen molar-refractivity contribution in [2.24, 2.45) is 0 Å². The van der Waals surface area contributed by atoms with Crippen molar-refractivity contribution in [1.29, 1.82) is 0 Å². The topological polar surface area (TPSA) is 24.5 Å². The zero-order valence-corrected chi connectivity index (χ0v) is 13.5. The first-order chi connectivity index (χ1) is 10.1. The van der Waals surface area contributed by atoms with Crippen molar-refractivity contribution in [2.45, 2.75) is 56.8 Å². The van der Waals surface area contributed by atoms with Crippen molar-refractivity contribution < 1.29 is 4.74 Å². The molecule has 1 aliphatic heterocycles. The first-order valence-corrected chi connectivity index (χ1v) is 8.23. The van der Waals surface area contributed by atoms with E-state index >= 15 is 0 Å².